The van der Waals surface area contributed by atoms with Gasteiger partial charge < -0.3 is 9.80 Å². The zero-order chi connectivity index (χ0) is 14.4. The summed E-state index contributed by atoms with van der Waals surface area (Å²) in [5, 5.41) is 1.07. The highest BCUT2D eigenvalue weighted by Gasteiger charge is 2.37. The number of aromatic nitrogens is 1. The van der Waals surface area contributed by atoms with Gasteiger partial charge in [0.2, 0.25) is 5.91 Å². The highest BCUT2D eigenvalue weighted by Crippen LogP contribution is 2.33. The van der Waals surface area contributed by atoms with Crippen molar-refractivity contribution in [1.29, 1.82) is 0 Å². The zero-order valence-corrected chi connectivity index (χ0v) is 13.0. The summed E-state index contributed by atoms with van der Waals surface area (Å²) in [6, 6.07) is 8.59. The van der Waals surface area contributed by atoms with E-state index in [4.69, 9.17) is 4.98 Å². The van der Waals surface area contributed by atoms with Crippen molar-refractivity contribution in [1.82, 2.24) is 9.88 Å². The maximum atomic E-state index is 12.5. The van der Waals surface area contributed by atoms with Gasteiger partial charge in [-0.25, -0.2) is 4.98 Å². The van der Waals surface area contributed by atoms with Crippen molar-refractivity contribution in [2.75, 3.05) is 25.0 Å². The number of rotatable bonds is 1. The summed E-state index contributed by atoms with van der Waals surface area (Å²) in [5.74, 6) is 0.454. The number of hydrogen-bond acceptors (Lipinski definition) is 4. The van der Waals surface area contributed by atoms with Crippen LogP contribution < -0.4 is 4.90 Å². The maximum absolute atomic E-state index is 12.5. The van der Waals surface area contributed by atoms with Gasteiger partial charge in [-0.05, 0) is 25.0 Å². The molecule has 0 spiro atoms. The number of anilines is 1. The average molecular weight is 301 g/mol. The molecule has 2 fully saturated rings. The minimum atomic E-state index is 0.134. The monoisotopic (exact) mass is 301 g/mol. The summed E-state index contributed by atoms with van der Waals surface area (Å²) in [6.45, 7) is 1.73. The number of carbonyl (C=O) groups excluding carboxylic acids is 1. The molecule has 0 unspecified atom stereocenters. The summed E-state index contributed by atoms with van der Waals surface area (Å²) in [5.41, 5.74) is 1.06. The molecule has 2 aliphatic rings. The van der Waals surface area contributed by atoms with E-state index < -0.39 is 0 Å². The fraction of sp³-hybridized carbons (Fsp3) is 0.500. The zero-order valence-electron chi connectivity index (χ0n) is 12.2. The normalized spacial score (nSPS) is 26.2. The van der Waals surface area contributed by atoms with Crippen LogP contribution in [-0.2, 0) is 4.79 Å². The van der Waals surface area contributed by atoms with E-state index >= 15 is 0 Å². The molecule has 4 nitrogen and oxygen atoms in total. The molecule has 3 heterocycles. The van der Waals surface area contributed by atoms with Crippen LogP contribution in [0.1, 0.15) is 19.3 Å². The molecule has 1 aromatic carbocycles. The summed E-state index contributed by atoms with van der Waals surface area (Å²) in [7, 11) is 1.97. The van der Waals surface area contributed by atoms with Gasteiger partial charge in [0.15, 0.2) is 5.13 Å². The summed E-state index contributed by atoms with van der Waals surface area (Å²) >= 11 is 1.74. The molecule has 0 saturated carbocycles. The number of carbonyl (C=O) groups is 1. The molecule has 0 radical (unpaired) electrons. The lowest BCUT2D eigenvalue weighted by molar-refractivity contribution is -0.134. The van der Waals surface area contributed by atoms with Crippen LogP contribution in [0.5, 0.6) is 0 Å². The minimum absolute atomic E-state index is 0.134. The van der Waals surface area contributed by atoms with E-state index in [1.807, 2.05) is 18.0 Å². The standard InChI is InChI=1S/C16H19N3OS/c1-18-12-6-4-5-11(15(18)20)9-19(10-12)16-17-13-7-2-3-8-14(13)21-16/h2-3,7-8,11-12H,4-6,9-10H2,1H3/t11-,12+/m1/s1. The number of para-hydroxylation sites is 1. The van der Waals surface area contributed by atoms with E-state index in [2.05, 4.69) is 23.1 Å². The van der Waals surface area contributed by atoms with Gasteiger partial charge in [0.25, 0.3) is 0 Å². The topological polar surface area (TPSA) is 36.4 Å². The smallest absolute Gasteiger partial charge is 0.227 e. The Hall–Kier alpha value is -1.62. The summed E-state index contributed by atoms with van der Waals surface area (Å²) in [6.07, 6.45) is 3.29. The van der Waals surface area contributed by atoms with Crippen LogP contribution in [-0.4, -0.2) is 42.0 Å². The van der Waals surface area contributed by atoms with Gasteiger partial charge in [-0.3, -0.25) is 4.79 Å². The highest BCUT2D eigenvalue weighted by atomic mass is 32.1. The Morgan fingerprint density at radius 2 is 2.10 bits per heavy atom. The van der Waals surface area contributed by atoms with Gasteiger partial charge in [0, 0.05) is 26.2 Å². The van der Waals surface area contributed by atoms with Crippen molar-refractivity contribution in [2.24, 2.45) is 5.92 Å². The van der Waals surface area contributed by atoms with E-state index in [1.54, 1.807) is 11.3 Å². The lowest BCUT2D eigenvalue weighted by Gasteiger charge is -2.29. The molecular weight excluding hydrogens is 282 g/mol. The van der Waals surface area contributed by atoms with Crippen molar-refractivity contribution < 1.29 is 4.79 Å². The molecule has 21 heavy (non-hydrogen) atoms. The van der Waals surface area contributed by atoms with E-state index in [1.165, 1.54) is 11.1 Å². The molecule has 1 aromatic heterocycles. The molecule has 2 aliphatic heterocycles. The Balaban J connectivity index is 1.70. The Morgan fingerprint density at radius 1 is 1.24 bits per heavy atom. The first kappa shape index (κ1) is 13.1. The third kappa shape index (κ3) is 2.20. The van der Waals surface area contributed by atoms with Crippen LogP contribution >= 0.6 is 11.3 Å². The Morgan fingerprint density at radius 3 is 2.95 bits per heavy atom. The lowest BCUT2D eigenvalue weighted by atomic mass is 10.00. The van der Waals surface area contributed by atoms with Crippen molar-refractivity contribution in [2.45, 2.75) is 25.3 Å². The molecule has 0 aliphatic carbocycles. The predicted octanol–water partition coefficient (Wildman–Crippen LogP) is 2.74. The number of amides is 1. The van der Waals surface area contributed by atoms with Gasteiger partial charge in [-0.2, -0.15) is 0 Å². The van der Waals surface area contributed by atoms with Crippen LogP contribution in [0.25, 0.3) is 10.2 Å². The second-order valence-electron chi connectivity index (χ2n) is 6.10. The Bertz CT molecular complexity index is 650. The van der Waals surface area contributed by atoms with Crippen LogP contribution in [0.2, 0.25) is 0 Å². The molecule has 2 atom stereocenters. The van der Waals surface area contributed by atoms with E-state index in [0.29, 0.717) is 11.9 Å². The average Bonchev–Trinajstić information content (AvgIpc) is 2.80. The minimum Gasteiger partial charge on any atom is -0.345 e. The number of likely N-dealkylation sites (N-methyl/N-ethyl adjacent to an activating group) is 1. The first-order valence-electron chi connectivity index (χ1n) is 7.59. The summed E-state index contributed by atoms with van der Waals surface area (Å²) in [4.78, 5) is 21.5. The number of thiazole rings is 1. The van der Waals surface area contributed by atoms with E-state index in [0.717, 1.165) is 36.6 Å². The Labute approximate surface area is 128 Å². The van der Waals surface area contributed by atoms with Gasteiger partial charge in [0.1, 0.15) is 0 Å². The van der Waals surface area contributed by atoms with Crippen molar-refractivity contribution in [3.8, 4) is 0 Å². The van der Waals surface area contributed by atoms with Gasteiger partial charge >= 0.3 is 0 Å². The van der Waals surface area contributed by atoms with Gasteiger partial charge in [-0.15, -0.1) is 0 Å². The quantitative estimate of drug-likeness (QED) is 0.812. The van der Waals surface area contributed by atoms with Crippen molar-refractivity contribution in [3.63, 3.8) is 0 Å². The number of benzene rings is 1. The molecular formula is C16H19N3OS. The number of nitrogens with zero attached hydrogens (tertiary/aromatic N) is 3. The first-order valence-corrected chi connectivity index (χ1v) is 8.41. The predicted molar refractivity (Wildman–Crippen MR) is 85.7 cm³/mol. The number of fused-ring (bicyclic) bond motifs is 4. The lowest BCUT2D eigenvalue weighted by Crippen LogP contribution is -2.40. The number of hydrogen-bond donors (Lipinski definition) is 0. The SMILES string of the molecule is CN1C(=O)[C@@H]2CCC[C@H]1CN(c1nc3ccccc3s1)C2. The second kappa shape index (κ2) is 4.98. The molecule has 2 saturated heterocycles. The van der Waals surface area contributed by atoms with Crippen molar-refractivity contribution >= 4 is 32.6 Å². The molecule has 2 aromatic rings. The fourth-order valence-corrected chi connectivity index (χ4v) is 4.50. The highest BCUT2D eigenvalue weighted by molar-refractivity contribution is 7.22. The molecule has 5 heteroatoms. The third-order valence-corrected chi connectivity index (χ3v) is 5.86. The second-order valence-corrected chi connectivity index (χ2v) is 7.11. The van der Waals surface area contributed by atoms with Crippen molar-refractivity contribution in [3.05, 3.63) is 24.3 Å². The van der Waals surface area contributed by atoms with Crippen LogP contribution in [0.15, 0.2) is 24.3 Å². The van der Waals surface area contributed by atoms with Gasteiger partial charge in [-0.1, -0.05) is 29.9 Å². The first-order chi connectivity index (χ1) is 10.2. The molecule has 1 amide bonds. The summed E-state index contributed by atoms with van der Waals surface area (Å²) < 4.78 is 1.22. The molecule has 110 valence electrons. The largest absolute Gasteiger partial charge is 0.345 e. The van der Waals surface area contributed by atoms with E-state index in [-0.39, 0.29) is 5.92 Å². The van der Waals surface area contributed by atoms with Crippen LogP contribution in [0, 0.1) is 5.92 Å². The molecule has 2 bridgehead atoms. The van der Waals surface area contributed by atoms with Crippen LogP contribution in [0.3, 0.4) is 0 Å². The fourth-order valence-electron chi connectivity index (χ4n) is 3.51. The van der Waals surface area contributed by atoms with E-state index in [9.17, 15) is 4.79 Å². The molecule has 0 N–H and O–H groups in total. The maximum Gasteiger partial charge on any atom is 0.227 e. The van der Waals surface area contributed by atoms with Gasteiger partial charge in [0.05, 0.1) is 16.1 Å². The van der Waals surface area contributed by atoms with Crippen LogP contribution in [0.4, 0.5) is 5.13 Å². The Kier molecular flexibility index (Phi) is 3.10. The molecule has 4 rings (SSSR count). The third-order valence-electron chi connectivity index (χ3n) is 4.76.